The molecule has 6 rings (SSSR count). The highest BCUT2D eigenvalue weighted by molar-refractivity contribution is 8.02. The number of carbonyl (C=O) groups is 3. The third kappa shape index (κ3) is 3.98. The number of ether oxygens (including phenoxy) is 1. The topological polar surface area (TPSA) is 87.2 Å². The zero-order valence-corrected chi connectivity index (χ0v) is 21.7. The number of hydrogen-bond acceptors (Lipinski definition) is 6. The number of carbonyl (C=O) groups excluding carboxylic acids is 3. The van der Waals surface area contributed by atoms with Gasteiger partial charge in [-0.2, -0.15) is 0 Å². The molecule has 4 heterocycles. The number of thioether (sulfide) groups is 1. The van der Waals surface area contributed by atoms with Gasteiger partial charge in [-0.3, -0.25) is 14.4 Å². The van der Waals surface area contributed by atoms with Crippen molar-refractivity contribution >= 4 is 29.5 Å². The third-order valence-electron chi connectivity index (χ3n) is 8.05. The van der Waals surface area contributed by atoms with Crippen LogP contribution in [0.5, 0.6) is 0 Å². The second-order valence-electron chi connectivity index (χ2n) is 10.2. The van der Waals surface area contributed by atoms with Gasteiger partial charge in [0, 0.05) is 18.3 Å². The molecule has 4 aliphatic heterocycles. The van der Waals surface area contributed by atoms with Crippen LogP contribution in [0.1, 0.15) is 23.6 Å². The van der Waals surface area contributed by atoms with E-state index < -0.39 is 34.6 Å². The van der Waals surface area contributed by atoms with Gasteiger partial charge < -0.3 is 19.6 Å². The molecule has 4 aliphatic rings. The maximum Gasteiger partial charge on any atom is 0.311 e. The largest absolute Gasteiger partial charge is 0.465 e. The first-order chi connectivity index (χ1) is 18.5. The second kappa shape index (κ2) is 10.1. The summed E-state index contributed by atoms with van der Waals surface area (Å²) in [7, 11) is 0. The van der Waals surface area contributed by atoms with Crippen LogP contribution < -0.4 is 0 Å². The molecule has 0 radical (unpaired) electrons. The molecule has 8 heteroatoms. The summed E-state index contributed by atoms with van der Waals surface area (Å²) in [5.74, 6) is -2.34. The highest BCUT2D eigenvalue weighted by atomic mass is 32.2. The molecule has 0 bridgehead atoms. The van der Waals surface area contributed by atoms with Gasteiger partial charge in [0.15, 0.2) is 0 Å². The Hall–Kier alpha value is -3.36. The third-order valence-corrected chi connectivity index (χ3v) is 9.80. The minimum absolute atomic E-state index is 0.178. The van der Waals surface area contributed by atoms with Crippen LogP contribution in [-0.4, -0.2) is 68.5 Å². The number of fused-ring (bicyclic) bond motifs is 2. The van der Waals surface area contributed by atoms with E-state index in [1.807, 2.05) is 85.0 Å². The zero-order chi connectivity index (χ0) is 26.3. The van der Waals surface area contributed by atoms with Gasteiger partial charge in [0.2, 0.25) is 11.8 Å². The molecular formula is C30H30N2O5S. The SMILES string of the molecule is O=C1OCCC=C[C@H]2S[C@]34C=CCN(Cc5ccccc5)C(=O)C3N([C@H](CO)c3ccccc3)C(=O)[C@@H]4[C@@H]12. The highest BCUT2D eigenvalue weighted by Crippen LogP contribution is 2.62. The van der Waals surface area contributed by atoms with Crippen LogP contribution >= 0.6 is 11.8 Å². The fourth-order valence-corrected chi connectivity index (χ4v) is 8.39. The molecule has 7 nitrogen and oxygen atoms in total. The van der Waals surface area contributed by atoms with Crippen LogP contribution in [0.3, 0.4) is 0 Å². The van der Waals surface area contributed by atoms with Crippen LogP contribution in [-0.2, 0) is 25.7 Å². The van der Waals surface area contributed by atoms with E-state index in [-0.39, 0.29) is 30.3 Å². The molecule has 2 aromatic rings. The number of esters is 1. The number of aliphatic hydroxyl groups excluding tert-OH is 1. The molecular weight excluding hydrogens is 500 g/mol. The quantitative estimate of drug-likeness (QED) is 0.472. The van der Waals surface area contributed by atoms with Crippen molar-refractivity contribution in [1.82, 2.24) is 9.80 Å². The number of likely N-dealkylation sites (tertiary alicyclic amines) is 1. The van der Waals surface area contributed by atoms with E-state index in [4.69, 9.17) is 4.74 Å². The Labute approximate surface area is 226 Å². The maximum atomic E-state index is 14.5. The van der Waals surface area contributed by atoms with E-state index >= 15 is 0 Å². The van der Waals surface area contributed by atoms with Crippen molar-refractivity contribution in [2.24, 2.45) is 11.8 Å². The number of hydrogen-bond donors (Lipinski definition) is 1. The number of benzene rings is 2. The smallest absolute Gasteiger partial charge is 0.311 e. The molecule has 2 amide bonds. The lowest BCUT2D eigenvalue weighted by atomic mass is 9.78. The maximum absolute atomic E-state index is 14.5. The zero-order valence-electron chi connectivity index (χ0n) is 20.9. The standard InChI is InChI=1S/C30H30N2O5S/c33-19-22(21-12-5-2-6-13-21)32-26-28(35)31(18-20-10-3-1-4-11-20)16-9-15-30(26)25(27(32)34)24-23(38-30)14-7-8-17-37-29(24)36/h1-7,9-15,22-26,33H,8,16-19H2/t22-,23-,24+,25+,26?,30+/m1/s1. The summed E-state index contributed by atoms with van der Waals surface area (Å²) >= 11 is 1.51. The lowest BCUT2D eigenvalue weighted by Gasteiger charge is -2.38. The molecule has 6 atom stereocenters. The highest BCUT2D eigenvalue weighted by Gasteiger charge is 2.71. The fourth-order valence-electron chi connectivity index (χ4n) is 6.40. The summed E-state index contributed by atoms with van der Waals surface area (Å²) in [4.78, 5) is 45.5. The Kier molecular flexibility index (Phi) is 6.61. The lowest BCUT2D eigenvalue weighted by Crippen LogP contribution is -2.54. The predicted molar refractivity (Wildman–Crippen MR) is 144 cm³/mol. The summed E-state index contributed by atoms with van der Waals surface area (Å²) in [5.41, 5.74) is 1.74. The average molecular weight is 531 g/mol. The van der Waals surface area contributed by atoms with E-state index in [0.717, 1.165) is 11.1 Å². The number of aliphatic hydroxyl groups is 1. The molecule has 38 heavy (non-hydrogen) atoms. The van der Waals surface area contributed by atoms with Crippen LogP contribution in [0.2, 0.25) is 0 Å². The summed E-state index contributed by atoms with van der Waals surface area (Å²) in [5, 5.41) is 10.3. The summed E-state index contributed by atoms with van der Waals surface area (Å²) in [6, 6.07) is 17.5. The summed E-state index contributed by atoms with van der Waals surface area (Å²) in [6.07, 6.45) is 8.57. The van der Waals surface area contributed by atoms with E-state index in [1.54, 1.807) is 9.80 Å². The minimum atomic E-state index is -0.954. The Balaban J connectivity index is 1.47. The van der Waals surface area contributed by atoms with Gasteiger partial charge in [-0.05, 0) is 17.5 Å². The molecule has 0 saturated carbocycles. The van der Waals surface area contributed by atoms with Gasteiger partial charge in [-0.15, -0.1) is 11.8 Å². The van der Waals surface area contributed by atoms with Crippen molar-refractivity contribution in [3.8, 4) is 0 Å². The predicted octanol–water partition coefficient (Wildman–Crippen LogP) is 3.12. The van der Waals surface area contributed by atoms with Crippen LogP contribution in [0.15, 0.2) is 85.0 Å². The molecule has 2 saturated heterocycles. The Morgan fingerprint density at radius 1 is 1.00 bits per heavy atom. The molecule has 2 aromatic carbocycles. The van der Waals surface area contributed by atoms with Crippen LogP contribution in [0.4, 0.5) is 0 Å². The molecule has 0 aromatic heterocycles. The molecule has 1 N–H and O–H groups in total. The molecule has 1 unspecified atom stereocenters. The molecule has 2 fully saturated rings. The van der Waals surface area contributed by atoms with E-state index in [1.165, 1.54) is 11.8 Å². The fraction of sp³-hybridized carbons (Fsp3) is 0.367. The van der Waals surface area contributed by atoms with Crippen LogP contribution in [0, 0.1) is 11.8 Å². The number of cyclic esters (lactones) is 1. The van der Waals surface area contributed by atoms with Crippen molar-refractivity contribution in [3.63, 3.8) is 0 Å². The molecule has 0 aliphatic carbocycles. The average Bonchev–Trinajstić information content (AvgIpc) is 3.31. The Morgan fingerprint density at radius 2 is 1.74 bits per heavy atom. The Morgan fingerprint density at radius 3 is 2.47 bits per heavy atom. The summed E-state index contributed by atoms with van der Waals surface area (Å²) in [6.45, 7) is 0.727. The lowest BCUT2D eigenvalue weighted by molar-refractivity contribution is -0.153. The van der Waals surface area contributed by atoms with E-state index in [0.29, 0.717) is 19.5 Å². The van der Waals surface area contributed by atoms with Crippen molar-refractivity contribution in [2.45, 2.75) is 35.0 Å². The summed E-state index contributed by atoms with van der Waals surface area (Å²) < 4.78 is 4.60. The van der Waals surface area contributed by atoms with Gasteiger partial charge in [-0.1, -0.05) is 85.0 Å². The normalized spacial score (nSPS) is 31.1. The number of rotatable bonds is 5. The van der Waals surface area contributed by atoms with Gasteiger partial charge in [0.25, 0.3) is 0 Å². The van der Waals surface area contributed by atoms with Crippen molar-refractivity contribution in [1.29, 1.82) is 0 Å². The van der Waals surface area contributed by atoms with Crippen molar-refractivity contribution in [3.05, 3.63) is 96.1 Å². The van der Waals surface area contributed by atoms with E-state index in [9.17, 15) is 19.5 Å². The van der Waals surface area contributed by atoms with Gasteiger partial charge in [0.05, 0.1) is 35.8 Å². The molecule has 1 spiro atoms. The molecule has 196 valence electrons. The van der Waals surface area contributed by atoms with Crippen molar-refractivity contribution in [2.75, 3.05) is 19.8 Å². The second-order valence-corrected chi connectivity index (χ2v) is 11.7. The monoisotopic (exact) mass is 530 g/mol. The van der Waals surface area contributed by atoms with Gasteiger partial charge in [-0.25, -0.2) is 0 Å². The van der Waals surface area contributed by atoms with E-state index in [2.05, 4.69) is 0 Å². The van der Waals surface area contributed by atoms with Crippen molar-refractivity contribution < 1.29 is 24.2 Å². The number of nitrogens with zero attached hydrogens (tertiary/aromatic N) is 2. The first-order valence-electron chi connectivity index (χ1n) is 13.0. The Bertz CT molecular complexity index is 1280. The first kappa shape index (κ1) is 24.9. The van der Waals surface area contributed by atoms with Crippen LogP contribution in [0.25, 0.3) is 0 Å². The van der Waals surface area contributed by atoms with Gasteiger partial charge >= 0.3 is 5.97 Å². The van der Waals surface area contributed by atoms with Gasteiger partial charge in [0.1, 0.15) is 6.04 Å². The number of amides is 2. The first-order valence-corrected chi connectivity index (χ1v) is 13.9. The minimum Gasteiger partial charge on any atom is -0.465 e.